The molecule has 0 aliphatic heterocycles. The van der Waals surface area contributed by atoms with E-state index in [1.54, 1.807) is 12.1 Å². The Bertz CT molecular complexity index is 708. The first-order valence-electron chi connectivity index (χ1n) is 6.23. The van der Waals surface area contributed by atoms with Crippen LogP contribution in [0, 0.1) is 0 Å². The first kappa shape index (κ1) is 13.8. The van der Waals surface area contributed by atoms with Crippen LogP contribution in [0.1, 0.15) is 23.1 Å². The largest absolute Gasteiger partial charge is 0.464 e. The van der Waals surface area contributed by atoms with Crippen LogP contribution in [0.15, 0.2) is 49.1 Å². The summed E-state index contributed by atoms with van der Waals surface area (Å²) < 4.78 is 4.68. The summed E-state index contributed by atoms with van der Waals surface area (Å²) in [5, 5.41) is 0.864. The van der Waals surface area contributed by atoms with Gasteiger partial charge in [-0.15, -0.1) is 0 Å². The number of ether oxygens (including phenoxy) is 1. The fraction of sp³-hybridized carbons (Fsp3) is 0.125. The third kappa shape index (κ3) is 2.69. The van der Waals surface area contributed by atoms with E-state index in [2.05, 4.69) is 21.3 Å². The SMILES string of the molecule is C=C/C(=C\C=C/C)c1ccc2cc(C(=O)OC)[nH]c2n1. The van der Waals surface area contributed by atoms with Gasteiger partial charge < -0.3 is 9.72 Å². The van der Waals surface area contributed by atoms with Gasteiger partial charge in [0.1, 0.15) is 11.3 Å². The van der Waals surface area contributed by atoms with Crippen LogP contribution in [0.25, 0.3) is 16.6 Å². The highest BCUT2D eigenvalue weighted by molar-refractivity contribution is 5.94. The molecule has 2 heterocycles. The van der Waals surface area contributed by atoms with Crippen molar-refractivity contribution in [1.82, 2.24) is 9.97 Å². The molecule has 0 aliphatic carbocycles. The van der Waals surface area contributed by atoms with Gasteiger partial charge in [0.25, 0.3) is 0 Å². The predicted octanol–water partition coefficient (Wildman–Crippen LogP) is 3.50. The van der Waals surface area contributed by atoms with Crippen LogP contribution in [-0.4, -0.2) is 23.0 Å². The van der Waals surface area contributed by atoms with Gasteiger partial charge in [0.15, 0.2) is 0 Å². The molecule has 0 aliphatic rings. The number of aromatic amines is 1. The second kappa shape index (κ2) is 6.02. The van der Waals surface area contributed by atoms with Gasteiger partial charge in [0.05, 0.1) is 12.8 Å². The van der Waals surface area contributed by atoms with E-state index < -0.39 is 5.97 Å². The average Bonchev–Trinajstić information content (AvgIpc) is 2.90. The molecule has 2 rings (SSSR count). The second-order valence-electron chi connectivity index (χ2n) is 4.16. The number of aromatic nitrogens is 2. The maximum Gasteiger partial charge on any atom is 0.354 e. The zero-order valence-electron chi connectivity index (χ0n) is 11.5. The molecule has 0 saturated heterocycles. The van der Waals surface area contributed by atoms with E-state index >= 15 is 0 Å². The number of allylic oxidation sites excluding steroid dienone is 5. The highest BCUT2D eigenvalue weighted by Crippen LogP contribution is 2.19. The van der Waals surface area contributed by atoms with E-state index in [9.17, 15) is 4.79 Å². The van der Waals surface area contributed by atoms with Crippen molar-refractivity contribution in [3.05, 3.63) is 60.5 Å². The number of hydrogen-bond donors (Lipinski definition) is 1. The predicted molar refractivity (Wildman–Crippen MR) is 80.4 cm³/mol. The van der Waals surface area contributed by atoms with E-state index in [1.165, 1.54) is 7.11 Å². The lowest BCUT2D eigenvalue weighted by Gasteiger charge is -2.00. The molecule has 4 nitrogen and oxygen atoms in total. The van der Waals surface area contributed by atoms with Crippen LogP contribution in [0.2, 0.25) is 0 Å². The van der Waals surface area contributed by atoms with Crippen molar-refractivity contribution >= 4 is 22.6 Å². The Labute approximate surface area is 117 Å². The van der Waals surface area contributed by atoms with Gasteiger partial charge in [0, 0.05) is 5.39 Å². The van der Waals surface area contributed by atoms with Gasteiger partial charge in [-0.25, -0.2) is 9.78 Å². The van der Waals surface area contributed by atoms with Crippen molar-refractivity contribution in [2.45, 2.75) is 6.92 Å². The Balaban J connectivity index is 2.47. The molecule has 102 valence electrons. The smallest absolute Gasteiger partial charge is 0.354 e. The fourth-order valence-electron chi connectivity index (χ4n) is 1.84. The third-order valence-corrected chi connectivity index (χ3v) is 2.87. The standard InChI is InChI=1S/C16H16N2O2/c1-4-6-7-11(5-2)13-9-8-12-10-14(16(19)20-3)18-15(12)17-13/h4-10H,2H2,1,3H3,(H,17,18)/b6-4-,11-7+. The lowest BCUT2D eigenvalue weighted by molar-refractivity contribution is 0.0595. The average molecular weight is 268 g/mol. The normalized spacial score (nSPS) is 12.0. The topological polar surface area (TPSA) is 55.0 Å². The maximum atomic E-state index is 11.5. The van der Waals surface area contributed by atoms with E-state index in [0.717, 1.165) is 16.7 Å². The van der Waals surface area contributed by atoms with Gasteiger partial charge in [0.2, 0.25) is 0 Å². The summed E-state index contributed by atoms with van der Waals surface area (Å²) in [6.07, 6.45) is 7.55. The first-order valence-corrected chi connectivity index (χ1v) is 6.23. The maximum absolute atomic E-state index is 11.5. The molecule has 2 aromatic heterocycles. The van der Waals surface area contributed by atoms with Crippen molar-refractivity contribution in [3.63, 3.8) is 0 Å². The zero-order valence-corrected chi connectivity index (χ0v) is 11.5. The molecule has 0 fully saturated rings. The van der Waals surface area contributed by atoms with Crippen molar-refractivity contribution in [2.24, 2.45) is 0 Å². The molecule has 2 aromatic rings. The highest BCUT2D eigenvalue weighted by Gasteiger charge is 2.10. The summed E-state index contributed by atoms with van der Waals surface area (Å²) in [6, 6.07) is 5.53. The summed E-state index contributed by atoms with van der Waals surface area (Å²) in [4.78, 5) is 18.9. The molecule has 0 radical (unpaired) electrons. The first-order chi connectivity index (χ1) is 9.69. The molecule has 20 heavy (non-hydrogen) atoms. The number of hydrogen-bond acceptors (Lipinski definition) is 3. The molecule has 0 saturated carbocycles. The summed E-state index contributed by atoms with van der Waals surface area (Å²) in [5.41, 5.74) is 2.75. The van der Waals surface area contributed by atoms with Gasteiger partial charge in [-0.3, -0.25) is 0 Å². The van der Waals surface area contributed by atoms with E-state index in [4.69, 9.17) is 0 Å². The van der Waals surface area contributed by atoms with Gasteiger partial charge in [-0.2, -0.15) is 0 Å². The van der Waals surface area contributed by atoms with Crippen LogP contribution in [0.3, 0.4) is 0 Å². The van der Waals surface area contributed by atoms with Crippen molar-refractivity contribution in [1.29, 1.82) is 0 Å². The highest BCUT2D eigenvalue weighted by atomic mass is 16.5. The number of carbonyl (C=O) groups excluding carboxylic acids is 1. The minimum Gasteiger partial charge on any atom is -0.464 e. The van der Waals surface area contributed by atoms with Gasteiger partial charge >= 0.3 is 5.97 Å². The van der Waals surface area contributed by atoms with Gasteiger partial charge in [-0.1, -0.05) is 30.9 Å². The van der Waals surface area contributed by atoms with E-state index in [-0.39, 0.29) is 0 Å². The van der Waals surface area contributed by atoms with Crippen LogP contribution < -0.4 is 0 Å². The zero-order chi connectivity index (χ0) is 14.5. The molecule has 0 bridgehead atoms. The second-order valence-corrected chi connectivity index (χ2v) is 4.16. The third-order valence-electron chi connectivity index (χ3n) is 2.87. The molecule has 4 heteroatoms. The molecule has 0 amide bonds. The lowest BCUT2D eigenvalue weighted by atomic mass is 10.1. The quantitative estimate of drug-likeness (QED) is 0.682. The Kier molecular flexibility index (Phi) is 4.15. The van der Waals surface area contributed by atoms with Crippen molar-refractivity contribution in [2.75, 3.05) is 7.11 Å². The number of rotatable bonds is 4. The number of H-pyrrole nitrogens is 1. The Morgan fingerprint density at radius 1 is 1.45 bits per heavy atom. The number of methoxy groups -OCH3 is 1. The molecular formula is C16H16N2O2. The van der Waals surface area contributed by atoms with Crippen molar-refractivity contribution < 1.29 is 9.53 Å². The molecule has 0 atom stereocenters. The minimum atomic E-state index is -0.405. The fourth-order valence-corrected chi connectivity index (χ4v) is 1.84. The number of esters is 1. The van der Waals surface area contributed by atoms with Crippen molar-refractivity contribution in [3.8, 4) is 0 Å². The summed E-state index contributed by atoms with van der Waals surface area (Å²) in [7, 11) is 1.35. The van der Waals surface area contributed by atoms with Crippen LogP contribution in [0.5, 0.6) is 0 Å². The van der Waals surface area contributed by atoms with Crippen LogP contribution >= 0.6 is 0 Å². The van der Waals surface area contributed by atoms with E-state index in [0.29, 0.717) is 11.3 Å². The number of nitrogens with one attached hydrogen (secondary N) is 1. The van der Waals surface area contributed by atoms with Gasteiger partial charge in [-0.05, 0) is 30.7 Å². The Hall–Kier alpha value is -2.62. The van der Waals surface area contributed by atoms with Crippen LogP contribution in [-0.2, 0) is 4.74 Å². The Morgan fingerprint density at radius 2 is 2.25 bits per heavy atom. The molecule has 0 aromatic carbocycles. The lowest BCUT2D eigenvalue weighted by Crippen LogP contribution is -2.00. The summed E-state index contributed by atoms with van der Waals surface area (Å²) in [6.45, 7) is 5.74. The van der Waals surface area contributed by atoms with E-state index in [1.807, 2.05) is 37.3 Å². The summed E-state index contributed by atoms with van der Waals surface area (Å²) in [5.74, 6) is -0.405. The number of nitrogens with zero attached hydrogens (tertiary/aromatic N) is 1. The molecule has 0 spiro atoms. The molecule has 1 N–H and O–H groups in total. The Morgan fingerprint density at radius 3 is 2.90 bits per heavy atom. The minimum absolute atomic E-state index is 0.393. The number of fused-ring (bicyclic) bond motifs is 1. The number of pyridine rings is 1. The number of carbonyl (C=O) groups is 1. The van der Waals surface area contributed by atoms with Crippen LogP contribution in [0.4, 0.5) is 0 Å². The molecular weight excluding hydrogens is 252 g/mol. The monoisotopic (exact) mass is 268 g/mol. The summed E-state index contributed by atoms with van der Waals surface area (Å²) >= 11 is 0. The molecule has 0 unspecified atom stereocenters.